The van der Waals surface area contributed by atoms with Gasteiger partial charge >= 0.3 is 5.97 Å². The van der Waals surface area contributed by atoms with E-state index in [2.05, 4.69) is 0 Å². The Hall–Kier alpha value is -2.49. The van der Waals surface area contributed by atoms with Crippen LogP contribution in [0.5, 0.6) is 11.5 Å². The number of phenols is 2. The lowest BCUT2D eigenvalue weighted by Gasteiger charge is -1.92. The average Bonchev–Trinajstić information content (AvgIpc) is 2.34. The van der Waals surface area contributed by atoms with Gasteiger partial charge in [-0.15, -0.1) is 0 Å². The van der Waals surface area contributed by atoms with Crippen LogP contribution in [0.15, 0.2) is 54.6 Å². The molecule has 0 unspecified atom stereocenters. The van der Waals surface area contributed by atoms with Crippen LogP contribution in [0.2, 0.25) is 0 Å². The molecule has 0 saturated carbocycles. The number of carboxylic acids is 1. The van der Waals surface area contributed by atoms with Crippen molar-refractivity contribution < 1.29 is 20.1 Å². The summed E-state index contributed by atoms with van der Waals surface area (Å²) in [5.41, 5.74) is 0.843. The highest BCUT2D eigenvalue weighted by atomic mass is 16.4. The molecule has 18 heavy (non-hydrogen) atoms. The first-order valence-electron chi connectivity index (χ1n) is 5.32. The van der Waals surface area contributed by atoms with Gasteiger partial charge in [-0.2, -0.15) is 0 Å². The summed E-state index contributed by atoms with van der Waals surface area (Å²) < 4.78 is 0. The van der Waals surface area contributed by atoms with Gasteiger partial charge in [0.25, 0.3) is 0 Å². The Balaban J connectivity index is 0.000000184. The zero-order valence-corrected chi connectivity index (χ0v) is 9.65. The largest absolute Gasteiger partial charge is 0.504 e. The number of phenolic OH excluding ortho intramolecular Hbond substituents is 2. The predicted octanol–water partition coefficient (Wildman–Crippen LogP) is 2.41. The fraction of sp³-hybridized carbons (Fsp3) is 0.0714. The number of rotatable bonds is 2. The zero-order chi connectivity index (χ0) is 13.4. The van der Waals surface area contributed by atoms with Crippen LogP contribution >= 0.6 is 0 Å². The normalized spacial score (nSPS) is 9.11. The first-order chi connectivity index (χ1) is 8.59. The molecule has 0 aliphatic rings. The molecule has 0 bridgehead atoms. The SMILES string of the molecule is O=C(O)Cc1ccccc1.Oc1ccccc1O. The van der Waals surface area contributed by atoms with Gasteiger partial charge in [-0.05, 0) is 17.7 Å². The van der Waals surface area contributed by atoms with Gasteiger partial charge in [-0.1, -0.05) is 42.5 Å². The summed E-state index contributed by atoms with van der Waals surface area (Å²) in [7, 11) is 0. The van der Waals surface area contributed by atoms with Crippen LogP contribution < -0.4 is 0 Å². The smallest absolute Gasteiger partial charge is 0.307 e. The van der Waals surface area contributed by atoms with Crippen LogP contribution in [0.25, 0.3) is 0 Å². The highest BCUT2D eigenvalue weighted by Gasteiger charge is 1.96. The van der Waals surface area contributed by atoms with E-state index in [1.807, 2.05) is 18.2 Å². The lowest BCUT2D eigenvalue weighted by Crippen LogP contribution is -1.98. The molecule has 4 nitrogen and oxygen atoms in total. The summed E-state index contributed by atoms with van der Waals surface area (Å²) in [5, 5.41) is 25.7. The fourth-order valence-corrected chi connectivity index (χ4v) is 1.23. The maximum Gasteiger partial charge on any atom is 0.307 e. The van der Waals surface area contributed by atoms with Crippen molar-refractivity contribution in [3.8, 4) is 11.5 Å². The van der Waals surface area contributed by atoms with Gasteiger partial charge in [0.2, 0.25) is 0 Å². The minimum atomic E-state index is -0.786. The molecule has 0 atom stereocenters. The van der Waals surface area contributed by atoms with Gasteiger partial charge in [-0.25, -0.2) is 0 Å². The van der Waals surface area contributed by atoms with Crippen molar-refractivity contribution in [2.45, 2.75) is 6.42 Å². The van der Waals surface area contributed by atoms with Crippen molar-refractivity contribution >= 4 is 5.97 Å². The molecule has 0 radical (unpaired) electrons. The Morgan fingerprint density at radius 3 is 1.67 bits per heavy atom. The highest BCUT2D eigenvalue weighted by Crippen LogP contribution is 2.21. The van der Waals surface area contributed by atoms with Crippen LogP contribution in [-0.2, 0) is 11.2 Å². The monoisotopic (exact) mass is 246 g/mol. The van der Waals surface area contributed by atoms with E-state index in [0.717, 1.165) is 5.56 Å². The average molecular weight is 246 g/mol. The number of hydrogen-bond acceptors (Lipinski definition) is 3. The van der Waals surface area contributed by atoms with E-state index >= 15 is 0 Å². The molecule has 3 N–H and O–H groups in total. The molecular formula is C14H14O4. The molecule has 0 heterocycles. The molecule has 4 heteroatoms. The van der Waals surface area contributed by atoms with Gasteiger partial charge < -0.3 is 15.3 Å². The number of para-hydroxylation sites is 2. The summed E-state index contributed by atoms with van der Waals surface area (Å²) >= 11 is 0. The maximum absolute atomic E-state index is 10.2. The molecule has 0 spiro atoms. The summed E-state index contributed by atoms with van der Waals surface area (Å²) in [6, 6.07) is 15.3. The second kappa shape index (κ2) is 6.96. The quantitative estimate of drug-likeness (QED) is 0.711. The lowest BCUT2D eigenvalue weighted by molar-refractivity contribution is -0.136. The zero-order valence-electron chi connectivity index (χ0n) is 9.65. The fourth-order valence-electron chi connectivity index (χ4n) is 1.23. The van der Waals surface area contributed by atoms with Crippen LogP contribution in [0, 0.1) is 0 Å². The molecule has 0 aliphatic carbocycles. The van der Waals surface area contributed by atoms with Crippen molar-refractivity contribution in [2.24, 2.45) is 0 Å². The Morgan fingerprint density at radius 1 is 0.833 bits per heavy atom. The van der Waals surface area contributed by atoms with Gasteiger partial charge in [0.1, 0.15) is 0 Å². The number of hydrogen-bond donors (Lipinski definition) is 3. The highest BCUT2D eigenvalue weighted by molar-refractivity contribution is 5.70. The van der Waals surface area contributed by atoms with Crippen LogP contribution in [0.3, 0.4) is 0 Å². The van der Waals surface area contributed by atoms with Crippen LogP contribution in [0.4, 0.5) is 0 Å². The van der Waals surface area contributed by atoms with E-state index in [-0.39, 0.29) is 17.9 Å². The van der Waals surface area contributed by atoms with Gasteiger partial charge in [0, 0.05) is 0 Å². The Labute approximate surface area is 105 Å². The molecule has 0 amide bonds. The third kappa shape index (κ3) is 5.03. The lowest BCUT2D eigenvalue weighted by atomic mass is 10.2. The summed E-state index contributed by atoms with van der Waals surface area (Å²) in [6.45, 7) is 0. The van der Waals surface area contributed by atoms with E-state index in [9.17, 15) is 4.79 Å². The first-order valence-corrected chi connectivity index (χ1v) is 5.32. The molecule has 0 aromatic heterocycles. The van der Waals surface area contributed by atoms with E-state index in [1.54, 1.807) is 24.3 Å². The summed E-state index contributed by atoms with van der Waals surface area (Å²) in [5.74, 6) is -0.939. The Kier molecular flexibility index (Phi) is 5.25. The minimum Gasteiger partial charge on any atom is -0.504 e. The van der Waals surface area contributed by atoms with E-state index < -0.39 is 5.97 Å². The summed E-state index contributed by atoms with van der Waals surface area (Å²) in [4.78, 5) is 10.2. The standard InChI is InChI=1S/C8H8O2.C6H6O2/c9-8(10)6-7-4-2-1-3-5-7;7-5-3-1-2-4-6(5)8/h1-5H,6H2,(H,9,10);1-4,7-8H. The third-order valence-electron chi connectivity index (χ3n) is 2.08. The van der Waals surface area contributed by atoms with Crippen molar-refractivity contribution in [1.82, 2.24) is 0 Å². The molecular weight excluding hydrogens is 232 g/mol. The van der Waals surface area contributed by atoms with Crippen molar-refractivity contribution in [1.29, 1.82) is 0 Å². The third-order valence-corrected chi connectivity index (χ3v) is 2.08. The van der Waals surface area contributed by atoms with E-state index in [1.165, 1.54) is 12.1 Å². The molecule has 0 aliphatic heterocycles. The van der Waals surface area contributed by atoms with Crippen molar-refractivity contribution in [2.75, 3.05) is 0 Å². The first kappa shape index (κ1) is 13.6. The number of carboxylic acid groups (broad SMARTS) is 1. The molecule has 94 valence electrons. The minimum absolute atomic E-state index is 0.0764. The van der Waals surface area contributed by atoms with Crippen LogP contribution in [-0.4, -0.2) is 21.3 Å². The van der Waals surface area contributed by atoms with Crippen molar-refractivity contribution in [3.05, 3.63) is 60.2 Å². The number of aliphatic carboxylic acids is 1. The van der Waals surface area contributed by atoms with Gasteiger partial charge in [0.05, 0.1) is 6.42 Å². The Bertz CT molecular complexity index is 473. The molecule has 0 saturated heterocycles. The van der Waals surface area contributed by atoms with Crippen molar-refractivity contribution in [3.63, 3.8) is 0 Å². The van der Waals surface area contributed by atoms with Gasteiger partial charge in [0.15, 0.2) is 11.5 Å². The second-order valence-electron chi connectivity index (χ2n) is 3.54. The van der Waals surface area contributed by atoms with Crippen LogP contribution in [0.1, 0.15) is 5.56 Å². The number of aromatic hydroxyl groups is 2. The number of benzene rings is 2. The van der Waals surface area contributed by atoms with E-state index in [4.69, 9.17) is 15.3 Å². The van der Waals surface area contributed by atoms with E-state index in [0.29, 0.717) is 0 Å². The van der Waals surface area contributed by atoms with Gasteiger partial charge in [-0.3, -0.25) is 4.79 Å². The topological polar surface area (TPSA) is 77.8 Å². The molecule has 2 rings (SSSR count). The molecule has 2 aromatic carbocycles. The molecule has 2 aromatic rings. The second-order valence-corrected chi connectivity index (χ2v) is 3.54. The summed E-state index contributed by atoms with van der Waals surface area (Å²) in [6.07, 6.45) is 0.112. The Morgan fingerprint density at radius 2 is 1.28 bits per heavy atom. The maximum atomic E-state index is 10.2. The predicted molar refractivity (Wildman–Crippen MR) is 67.6 cm³/mol. The number of carbonyl (C=O) groups is 1. The molecule has 0 fully saturated rings.